The Kier molecular flexibility index (Phi) is 7.03. The van der Waals surface area contributed by atoms with Crippen LogP contribution in [0.5, 0.6) is 0 Å². The van der Waals surface area contributed by atoms with Crippen LogP contribution in [0.25, 0.3) is 0 Å². The second-order valence-electron chi connectivity index (χ2n) is 6.27. The van der Waals surface area contributed by atoms with Crippen LogP contribution in [0, 0.1) is 0 Å². The first-order chi connectivity index (χ1) is 10.7. The van der Waals surface area contributed by atoms with Gasteiger partial charge in [0, 0.05) is 47.5 Å². The minimum Gasteiger partial charge on any atom is -0.378 e. The van der Waals surface area contributed by atoms with E-state index in [0.717, 1.165) is 11.3 Å². The van der Waals surface area contributed by atoms with E-state index < -0.39 is 0 Å². The zero-order chi connectivity index (χ0) is 17.6. The van der Waals surface area contributed by atoms with Crippen molar-refractivity contribution in [3.8, 4) is 0 Å². The Hall–Kier alpha value is -2.08. The van der Waals surface area contributed by atoms with Gasteiger partial charge in [0.1, 0.15) is 0 Å². The van der Waals surface area contributed by atoms with E-state index in [-0.39, 0.29) is 24.9 Å². The second-order valence-corrected chi connectivity index (χ2v) is 6.27. The molecule has 0 aromatic heterocycles. The zero-order valence-electron chi connectivity index (χ0n) is 15.0. The Morgan fingerprint density at radius 3 is 1.83 bits per heavy atom. The first kappa shape index (κ1) is 19.0. The van der Waals surface area contributed by atoms with Crippen LogP contribution in [0.3, 0.4) is 0 Å². The van der Waals surface area contributed by atoms with Crippen LogP contribution < -0.4 is 4.90 Å². The molecular formula is C17H28N4O2. The predicted molar refractivity (Wildman–Crippen MR) is 93.4 cm³/mol. The van der Waals surface area contributed by atoms with Gasteiger partial charge in [-0.15, -0.1) is 0 Å². The third-order valence-electron chi connectivity index (χ3n) is 3.61. The lowest BCUT2D eigenvalue weighted by molar-refractivity contribution is -0.133. The van der Waals surface area contributed by atoms with Crippen LogP contribution in [-0.2, 0) is 16.1 Å². The van der Waals surface area contributed by atoms with Gasteiger partial charge in [0.15, 0.2) is 0 Å². The monoisotopic (exact) mass is 320 g/mol. The molecule has 0 N–H and O–H groups in total. The first-order valence-corrected chi connectivity index (χ1v) is 7.59. The van der Waals surface area contributed by atoms with Gasteiger partial charge < -0.3 is 14.7 Å². The summed E-state index contributed by atoms with van der Waals surface area (Å²) in [6.45, 7) is 1.03. The summed E-state index contributed by atoms with van der Waals surface area (Å²) in [4.78, 5) is 30.8. The molecule has 1 rings (SSSR count). The normalized spacial score (nSPS) is 10.6. The molecule has 0 aliphatic heterocycles. The fraction of sp³-hybridized carbons (Fsp3) is 0.529. The fourth-order valence-corrected chi connectivity index (χ4v) is 2.04. The fourth-order valence-electron chi connectivity index (χ4n) is 2.04. The molecular weight excluding hydrogens is 292 g/mol. The summed E-state index contributed by atoms with van der Waals surface area (Å²) in [5, 5.41) is 0. The van der Waals surface area contributed by atoms with Crippen LogP contribution in [0.4, 0.5) is 5.69 Å². The van der Waals surface area contributed by atoms with Crippen molar-refractivity contribution >= 4 is 17.5 Å². The molecule has 0 bridgehead atoms. The van der Waals surface area contributed by atoms with E-state index >= 15 is 0 Å². The van der Waals surface area contributed by atoms with E-state index in [4.69, 9.17) is 0 Å². The van der Waals surface area contributed by atoms with Crippen LogP contribution in [-0.4, -0.2) is 81.9 Å². The molecule has 128 valence electrons. The molecule has 2 amide bonds. The Bertz CT molecular complexity index is 526. The molecule has 6 nitrogen and oxygen atoms in total. The highest BCUT2D eigenvalue weighted by atomic mass is 16.2. The number of rotatable bonds is 7. The van der Waals surface area contributed by atoms with Gasteiger partial charge in [0.2, 0.25) is 11.8 Å². The topological polar surface area (TPSA) is 47.1 Å². The molecule has 0 fully saturated rings. The average molecular weight is 320 g/mol. The first-order valence-electron chi connectivity index (χ1n) is 7.59. The lowest BCUT2D eigenvalue weighted by Gasteiger charge is -2.23. The Morgan fingerprint density at radius 1 is 0.826 bits per heavy atom. The molecule has 0 saturated carbocycles. The van der Waals surface area contributed by atoms with Crippen molar-refractivity contribution in [1.29, 1.82) is 0 Å². The van der Waals surface area contributed by atoms with Gasteiger partial charge in [-0.2, -0.15) is 0 Å². The summed E-state index contributed by atoms with van der Waals surface area (Å²) in [6, 6.07) is 8.13. The average Bonchev–Trinajstić information content (AvgIpc) is 2.47. The van der Waals surface area contributed by atoms with Crippen molar-refractivity contribution in [2.75, 3.05) is 60.3 Å². The van der Waals surface area contributed by atoms with Gasteiger partial charge in [0.25, 0.3) is 0 Å². The summed E-state index contributed by atoms with van der Waals surface area (Å²) < 4.78 is 0. The zero-order valence-corrected chi connectivity index (χ0v) is 15.0. The summed E-state index contributed by atoms with van der Waals surface area (Å²) in [6.07, 6.45) is 0. The van der Waals surface area contributed by atoms with Crippen molar-refractivity contribution < 1.29 is 9.59 Å². The molecule has 23 heavy (non-hydrogen) atoms. The Labute approximate surface area is 139 Å². The van der Waals surface area contributed by atoms with Gasteiger partial charge in [0.05, 0.1) is 13.1 Å². The summed E-state index contributed by atoms with van der Waals surface area (Å²) >= 11 is 0. The Balaban J connectivity index is 2.51. The van der Waals surface area contributed by atoms with Gasteiger partial charge in [-0.25, -0.2) is 0 Å². The molecule has 6 heteroatoms. The maximum absolute atomic E-state index is 12.2. The smallest absolute Gasteiger partial charge is 0.236 e. The van der Waals surface area contributed by atoms with Gasteiger partial charge in [-0.1, -0.05) is 12.1 Å². The van der Waals surface area contributed by atoms with Crippen LogP contribution in [0.1, 0.15) is 5.56 Å². The van der Waals surface area contributed by atoms with Crippen molar-refractivity contribution in [3.63, 3.8) is 0 Å². The maximum atomic E-state index is 12.2. The van der Waals surface area contributed by atoms with E-state index in [0.29, 0.717) is 6.54 Å². The second kappa shape index (κ2) is 8.53. The highest BCUT2D eigenvalue weighted by Gasteiger charge is 2.15. The van der Waals surface area contributed by atoms with E-state index in [1.54, 1.807) is 38.0 Å². The minimum absolute atomic E-state index is 0.00394. The number of benzene rings is 1. The molecule has 0 heterocycles. The van der Waals surface area contributed by atoms with Crippen molar-refractivity contribution in [1.82, 2.24) is 14.7 Å². The number of anilines is 1. The largest absolute Gasteiger partial charge is 0.378 e. The standard InChI is InChI=1S/C17H28N4O2/c1-18(2)15-9-7-14(8-10-15)11-21(6)17(23)13-20(5)12-16(22)19(3)4/h7-10H,11-13H2,1-6H3. The lowest BCUT2D eigenvalue weighted by Crippen LogP contribution is -2.41. The molecule has 0 atom stereocenters. The maximum Gasteiger partial charge on any atom is 0.236 e. The quantitative estimate of drug-likeness (QED) is 0.743. The number of hydrogen-bond donors (Lipinski definition) is 0. The third kappa shape index (κ3) is 6.28. The van der Waals surface area contributed by atoms with Crippen LogP contribution in [0.2, 0.25) is 0 Å². The highest BCUT2D eigenvalue weighted by molar-refractivity contribution is 5.80. The van der Waals surface area contributed by atoms with E-state index in [9.17, 15) is 9.59 Å². The van der Waals surface area contributed by atoms with E-state index in [1.807, 2.05) is 43.3 Å². The van der Waals surface area contributed by atoms with E-state index in [2.05, 4.69) is 0 Å². The summed E-state index contributed by atoms with van der Waals surface area (Å²) in [5.41, 5.74) is 2.21. The lowest BCUT2D eigenvalue weighted by atomic mass is 10.2. The molecule has 1 aromatic rings. The molecule has 0 saturated heterocycles. The van der Waals surface area contributed by atoms with Gasteiger partial charge in [-0.3, -0.25) is 14.5 Å². The molecule has 1 aromatic carbocycles. The number of likely N-dealkylation sites (N-methyl/N-ethyl adjacent to an activating group) is 3. The highest BCUT2D eigenvalue weighted by Crippen LogP contribution is 2.13. The van der Waals surface area contributed by atoms with Crippen LogP contribution >= 0.6 is 0 Å². The van der Waals surface area contributed by atoms with Crippen molar-refractivity contribution in [2.45, 2.75) is 6.54 Å². The van der Waals surface area contributed by atoms with Crippen molar-refractivity contribution in [2.24, 2.45) is 0 Å². The number of hydrogen-bond acceptors (Lipinski definition) is 4. The predicted octanol–water partition coefficient (Wildman–Crippen LogP) is 0.731. The van der Waals surface area contributed by atoms with Gasteiger partial charge in [-0.05, 0) is 24.7 Å². The van der Waals surface area contributed by atoms with E-state index in [1.165, 1.54) is 4.90 Å². The van der Waals surface area contributed by atoms with Gasteiger partial charge >= 0.3 is 0 Å². The Morgan fingerprint density at radius 2 is 1.35 bits per heavy atom. The van der Waals surface area contributed by atoms with Crippen LogP contribution in [0.15, 0.2) is 24.3 Å². The number of amides is 2. The third-order valence-corrected chi connectivity index (χ3v) is 3.61. The minimum atomic E-state index is -0.0118. The molecule has 0 radical (unpaired) electrons. The SMILES string of the molecule is CN(CC(=O)N(C)C)CC(=O)N(C)Cc1ccc(N(C)C)cc1. The summed E-state index contributed by atoms with van der Waals surface area (Å²) in [5.74, 6) is -0.0158. The number of carbonyl (C=O) groups is 2. The number of nitrogens with zero attached hydrogens (tertiary/aromatic N) is 4. The van der Waals surface area contributed by atoms with Crippen molar-refractivity contribution in [3.05, 3.63) is 29.8 Å². The molecule has 0 aliphatic rings. The molecule has 0 aliphatic carbocycles. The number of carbonyl (C=O) groups excluding carboxylic acids is 2. The summed E-state index contributed by atoms with van der Waals surface area (Å²) in [7, 11) is 11.0. The molecule has 0 spiro atoms. The molecule has 0 unspecified atom stereocenters.